The van der Waals surface area contributed by atoms with Crippen LogP contribution in [0.3, 0.4) is 0 Å². The summed E-state index contributed by atoms with van der Waals surface area (Å²) in [6.07, 6.45) is 17.6. The number of ether oxygens (including phenoxy) is 4. The molecule has 3 rings (SSSR count). The van der Waals surface area contributed by atoms with Crippen molar-refractivity contribution in [2.24, 2.45) is 23.5 Å². The monoisotopic (exact) mass is 933 g/mol. The predicted octanol–water partition coefficient (Wildman–Crippen LogP) is 6.56. The van der Waals surface area contributed by atoms with E-state index in [-0.39, 0.29) is 62.1 Å². The molecule has 1 fully saturated rings. The molecule has 0 spiro atoms. The molecule has 1 aromatic rings. The molecule has 9 atom stereocenters. The molecule has 0 radical (unpaired) electrons. The van der Waals surface area contributed by atoms with Crippen molar-refractivity contribution in [2.75, 3.05) is 18.5 Å². The van der Waals surface area contributed by atoms with Crippen LogP contribution in [0.2, 0.25) is 0 Å². The van der Waals surface area contributed by atoms with Crippen molar-refractivity contribution in [2.45, 2.75) is 137 Å². The Kier molecular flexibility index (Phi) is 23.7. The Morgan fingerprint density at radius 3 is 2.36 bits per heavy atom. The van der Waals surface area contributed by atoms with Crippen LogP contribution in [0.25, 0.3) is 0 Å². The minimum atomic E-state index is -1.04. The summed E-state index contributed by atoms with van der Waals surface area (Å²) >= 11 is 0. The molecule has 0 bridgehead atoms. The number of esters is 1. The van der Waals surface area contributed by atoms with E-state index >= 15 is 0 Å². The topological polar surface area (TPSA) is 246 Å². The molecule has 0 aromatic heterocycles. The Morgan fingerprint density at radius 2 is 1.70 bits per heavy atom. The van der Waals surface area contributed by atoms with Crippen molar-refractivity contribution in [3.63, 3.8) is 0 Å². The van der Waals surface area contributed by atoms with Gasteiger partial charge in [0.2, 0.25) is 11.8 Å². The van der Waals surface area contributed by atoms with Crippen LogP contribution in [0, 0.1) is 17.8 Å². The number of nitrogens with one attached hydrogen (secondary N) is 5. The lowest BCUT2D eigenvalue weighted by atomic mass is 9.87. The average Bonchev–Trinajstić information content (AvgIpc) is 3.26. The normalized spacial score (nSPS) is 21.9. The number of hydrogen-bond donors (Lipinski definition) is 7. The number of primary amides is 1. The first-order valence-electron chi connectivity index (χ1n) is 23.0. The lowest BCUT2D eigenvalue weighted by molar-refractivity contribution is -0.141. The predicted molar refractivity (Wildman–Crippen MR) is 256 cm³/mol. The fourth-order valence-corrected chi connectivity index (χ4v) is 7.47. The van der Waals surface area contributed by atoms with Gasteiger partial charge in [0.05, 0.1) is 31.0 Å². The van der Waals surface area contributed by atoms with Crippen LogP contribution >= 0.6 is 0 Å². The molecule has 0 unspecified atom stereocenters. The minimum Gasteiger partial charge on any atom is -0.455 e. The van der Waals surface area contributed by atoms with Crippen LogP contribution in [0.15, 0.2) is 96.2 Å². The molecule has 368 valence electrons. The summed E-state index contributed by atoms with van der Waals surface area (Å²) in [6, 6.07) is 3.23. The number of hydrogen-bond acceptors (Lipinski definition) is 11. The number of carbonyl (C=O) groups is 6. The summed E-state index contributed by atoms with van der Waals surface area (Å²) in [5.41, 5.74) is 8.38. The lowest BCUT2D eigenvalue weighted by Crippen LogP contribution is -2.54. The zero-order valence-electron chi connectivity index (χ0n) is 40.1. The number of anilines is 1. The highest BCUT2D eigenvalue weighted by Gasteiger charge is 2.37. The summed E-state index contributed by atoms with van der Waals surface area (Å²) in [4.78, 5) is 75.0. The van der Waals surface area contributed by atoms with Crippen molar-refractivity contribution < 1.29 is 52.8 Å². The van der Waals surface area contributed by atoms with Crippen LogP contribution < -0.4 is 32.3 Å². The van der Waals surface area contributed by atoms with Gasteiger partial charge < -0.3 is 56.4 Å². The van der Waals surface area contributed by atoms with Crippen molar-refractivity contribution in [1.82, 2.24) is 21.3 Å². The number of urea groups is 1. The SMILES string of the molecule is C/C=C/[C@@H]1O[C@H]([C@@H](/C=C/C=C(\C)C[C@@H](C)/C=C(C)\C=C\[C@H]2CC=CC(=O)O2)NC(=O)OCc2ccc(NC(=O)[C@H](CCCNC(N)=O)NC(=O)[C@@H](NC(=O)OCC)C(C)C)cc2)C[C@@H](O)[C@@H]1C. The van der Waals surface area contributed by atoms with Crippen LogP contribution in [-0.2, 0) is 39.9 Å². The van der Waals surface area contributed by atoms with E-state index < -0.39 is 60.4 Å². The van der Waals surface area contributed by atoms with E-state index in [1.165, 1.54) is 6.08 Å². The van der Waals surface area contributed by atoms with E-state index in [1.54, 1.807) is 45.0 Å². The number of allylic oxidation sites excluding steroid dienone is 7. The first kappa shape index (κ1) is 55.1. The van der Waals surface area contributed by atoms with Gasteiger partial charge in [-0.25, -0.2) is 19.2 Å². The van der Waals surface area contributed by atoms with Crippen molar-refractivity contribution in [1.29, 1.82) is 0 Å². The molecule has 6 amide bonds. The number of rotatable bonds is 23. The van der Waals surface area contributed by atoms with Gasteiger partial charge in [0.1, 0.15) is 24.8 Å². The van der Waals surface area contributed by atoms with E-state index in [1.807, 2.05) is 76.3 Å². The molecule has 2 heterocycles. The van der Waals surface area contributed by atoms with Gasteiger partial charge in [0.15, 0.2) is 0 Å². The first-order chi connectivity index (χ1) is 31.9. The van der Waals surface area contributed by atoms with Gasteiger partial charge in [-0.2, -0.15) is 0 Å². The zero-order chi connectivity index (χ0) is 49.5. The quantitative estimate of drug-likeness (QED) is 0.0204. The number of amides is 6. The number of carbonyl (C=O) groups excluding carboxylic acids is 6. The maximum atomic E-state index is 13.5. The largest absolute Gasteiger partial charge is 0.455 e. The van der Waals surface area contributed by atoms with Gasteiger partial charge in [-0.1, -0.05) is 99.6 Å². The average molecular weight is 933 g/mol. The molecule has 67 heavy (non-hydrogen) atoms. The summed E-state index contributed by atoms with van der Waals surface area (Å²) in [5, 5.41) is 24.4. The number of aliphatic hydroxyl groups excluding tert-OH is 1. The second-order valence-electron chi connectivity index (χ2n) is 17.3. The maximum absolute atomic E-state index is 13.5. The van der Waals surface area contributed by atoms with Gasteiger partial charge in [0, 0.05) is 37.1 Å². The lowest BCUT2D eigenvalue weighted by Gasteiger charge is -2.39. The molecular weight excluding hydrogens is 861 g/mol. The summed E-state index contributed by atoms with van der Waals surface area (Å²) in [7, 11) is 0. The summed E-state index contributed by atoms with van der Waals surface area (Å²) in [6.45, 7) is 15.3. The molecule has 2 aliphatic heterocycles. The van der Waals surface area contributed by atoms with Crippen LogP contribution in [0.1, 0.15) is 93.1 Å². The van der Waals surface area contributed by atoms with E-state index in [9.17, 15) is 33.9 Å². The summed E-state index contributed by atoms with van der Waals surface area (Å²) in [5.74, 6) is -1.71. The first-order valence-corrected chi connectivity index (χ1v) is 23.0. The minimum absolute atomic E-state index is 0.0969. The smallest absolute Gasteiger partial charge is 0.408 e. The van der Waals surface area contributed by atoms with E-state index in [4.69, 9.17) is 24.7 Å². The third kappa shape index (κ3) is 20.5. The Balaban J connectivity index is 1.67. The van der Waals surface area contributed by atoms with Crippen LogP contribution in [0.4, 0.5) is 20.1 Å². The van der Waals surface area contributed by atoms with Gasteiger partial charge >= 0.3 is 24.2 Å². The number of benzene rings is 1. The van der Waals surface area contributed by atoms with E-state index in [2.05, 4.69) is 39.6 Å². The second kappa shape index (κ2) is 28.8. The molecule has 17 heteroatoms. The Hall–Kier alpha value is -6.20. The molecule has 0 aliphatic carbocycles. The number of aliphatic hydroxyl groups is 1. The van der Waals surface area contributed by atoms with Crippen LogP contribution in [0.5, 0.6) is 0 Å². The van der Waals surface area contributed by atoms with Gasteiger partial charge in [-0.05, 0) is 82.6 Å². The number of nitrogens with two attached hydrogens (primary N) is 1. The second-order valence-corrected chi connectivity index (χ2v) is 17.3. The highest BCUT2D eigenvalue weighted by atomic mass is 16.6. The molecule has 0 saturated carbocycles. The zero-order valence-corrected chi connectivity index (χ0v) is 40.1. The Bertz CT molecular complexity index is 1990. The van der Waals surface area contributed by atoms with Gasteiger partial charge in [0.25, 0.3) is 0 Å². The van der Waals surface area contributed by atoms with Gasteiger partial charge in [-0.15, -0.1) is 0 Å². The van der Waals surface area contributed by atoms with Crippen molar-refractivity contribution in [3.05, 3.63) is 102 Å². The number of cyclic esters (lactones) is 1. The Labute approximate surface area is 395 Å². The molecule has 17 nitrogen and oxygen atoms in total. The van der Waals surface area contributed by atoms with Gasteiger partial charge in [-0.3, -0.25) is 9.59 Å². The third-order valence-electron chi connectivity index (χ3n) is 11.0. The highest BCUT2D eigenvalue weighted by molar-refractivity contribution is 5.98. The Morgan fingerprint density at radius 1 is 0.985 bits per heavy atom. The molecular formula is C50H72N6O11. The highest BCUT2D eigenvalue weighted by Crippen LogP contribution is 2.29. The standard InChI is InChI=1S/C50H72N6O11/c1-9-14-42-35(8)41(57)29-43(67-42)39(17-11-15-32(5)27-34(7)28-33(6)20-25-38-16-12-19-44(58)66-38)55-49(62)65-30-36-21-23-37(24-22-36)53-46(59)40(18-13-26-52-48(51)61)54-47(60)45(31(3)4)56-50(63)64-10-2/h9,11-12,14-15,17,19-25,28,31,34-35,38-43,45,57H,10,13,16,18,26-27,29-30H2,1-8H3,(H,53,59)(H,54,60)(H,55,62)(H,56,63)(H3,51,52,61)/b14-9+,17-11+,25-20+,32-15+,33-28-/t34-,35+,38-,39-,40+,41-,42+,43+,45+/m1/s1. The third-order valence-corrected chi connectivity index (χ3v) is 11.0. The number of alkyl carbamates (subject to hydrolysis) is 2. The molecule has 1 aromatic carbocycles. The van der Waals surface area contributed by atoms with E-state index in [0.717, 1.165) is 17.6 Å². The van der Waals surface area contributed by atoms with Crippen molar-refractivity contribution in [3.8, 4) is 0 Å². The van der Waals surface area contributed by atoms with Crippen molar-refractivity contribution >= 4 is 41.7 Å². The maximum Gasteiger partial charge on any atom is 0.408 e. The molecule has 8 N–H and O–H groups in total. The molecule has 2 aliphatic rings. The fourth-order valence-electron chi connectivity index (χ4n) is 7.47. The fraction of sp³-hybridized carbons (Fsp3) is 0.520. The molecule has 1 saturated heterocycles. The van der Waals surface area contributed by atoms with Crippen LogP contribution in [-0.4, -0.2) is 96.8 Å². The summed E-state index contributed by atoms with van der Waals surface area (Å²) < 4.78 is 22.3. The van der Waals surface area contributed by atoms with E-state index in [0.29, 0.717) is 30.5 Å².